The second-order valence-corrected chi connectivity index (χ2v) is 7.57. The first kappa shape index (κ1) is 12.8. The molecule has 1 saturated carbocycles. The first-order valence-corrected chi connectivity index (χ1v) is 8.64. The van der Waals surface area contributed by atoms with Gasteiger partial charge in [-0.05, 0) is 62.3 Å². The van der Waals surface area contributed by atoms with Crippen molar-refractivity contribution in [3.05, 3.63) is 65.2 Å². The molecule has 3 aliphatic carbocycles. The zero-order valence-electron chi connectivity index (χ0n) is 13.5. The summed E-state index contributed by atoms with van der Waals surface area (Å²) in [5.41, 5.74) is 6.75. The van der Waals surface area contributed by atoms with Crippen LogP contribution in [-0.2, 0) is 11.0 Å². The van der Waals surface area contributed by atoms with Crippen molar-refractivity contribution in [3.8, 4) is 0 Å². The molecule has 8 rings (SSSR count). The number of hydrogen-bond acceptors (Lipinski definition) is 1. The second-order valence-electron chi connectivity index (χ2n) is 7.57. The number of anilines is 1. The van der Waals surface area contributed by atoms with Crippen LogP contribution in [0.5, 0.6) is 0 Å². The summed E-state index contributed by atoms with van der Waals surface area (Å²) in [6.07, 6.45) is 5.38. The molecular weight excluding hydrogens is 266 g/mol. The minimum atomic E-state index is 0.238. The molecule has 1 nitrogen and oxygen atoms in total. The largest absolute Gasteiger partial charge is 0.358 e. The first-order valence-electron chi connectivity index (χ1n) is 8.64. The molecule has 0 aromatic heterocycles. The smallest absolute Gasteiger partial charge is 0.0660 e. The van der Waals surface area contributed by atoms with Crippen molar-refractivity contribution < 1.29 is 0 Å². The van der Waals surface area contributed by atoms with Crippen LogP contribution >= 0.6 is 0 Å². The lowest BCUT2D eigenvalue weighted by Gasteiger charge is -2.70. The maximum Gasteiger partial charge on any atom is 0.0660 e. The Balaban J connectivity index is 1.80. The van der Waals surface area contributed by atoms with Gasteiger partial charge in [-0.3, -0.25) is 0 Å². The van der Waals surface area contributed by atoms with Gasteiger partial charge in [0.05, 0.1) is 5.54 Å². The highest BCUT2D eigenvalue weighted by Crippen LogP contribution is 2.66. The van der Waals surface area contributed by atoms with Crippen molar-refractivity contribution in [3.63, 3.8) is 0 Å². The van der Waals surface area contributed by atoms with Gasteiger partial charge in [0.2, 0.25) is 0 Å². The Morgan fingerprint density at radius 1 is 0.864 bits per heavy atom. The van der Waals surface area contributed by atoms with Gasteiger partial charge in [-0.2, -0.15) is 0 Å². The zero-order valence-corrected chi connectivity index (χ0v) is 13.5. The van der Waals surface area contributed by atoms with Crippen LogP contribution in [0, 0.1) is 6.92 Å². The van der Waals surface area contributed by atoms with Crippen LogP contribution in [0.1, 0.15) is 49.3 Å². The molecule has 3 aliphatic heterocycles. The van der Waals surface area contributed by atoms with Gasteiger partial charge in [0.1, 0.15) is 0 Å². The van der Waals surface area contributed by atoms with Gasteiger partial charge in [0, 0.05) is 17.1 Å². The molecule has 0 N–H and O–H groups in total. The quantitative estimate of drug-likeness (QED) is 0.720. The average Bonchev–Trinajstić information content (AvgIpc) is 2.57. The van der Waals surface area contributed by atoms with E-state index < -0.39 is 0 Å². The fraction of sp³-hybridized carbons (Fsp3) is 0.429. The Morgan fingerprint density at radius 3 is 2.23 bits per heavy atom. The lowest BCUT2D eigenvalue weighted by Crippen LogP contribution is -2.72. The molecule has 3 heterocycles. The second kappa shape index (κ2) is 3.95. The molecule has 2 aromatic carbocycles. The predicted octanol–water partition coefficient (Wildman–Crippen LogP) is 4.92. The van der Waals surface area contributed by atoms with Crippen molar-refractivity contribution in [1.29, 1.82) is 0 Å². The zero-order chi connectivity index (χ0) is 14.9. The van der Waals surface area contributed by atoms with E-state index in [4.69, 9.17) is 0 Å². The van der Waals surface area contributed by atoms with E-state index in [1.165, 1.54) is 36.9 Å². The van der Waals surface area contributed by atoms with E-state index in [0.717, 1.165) is 0 Å². The summed E-state index contributed by atoms with van der Waals surface area (Å²) < 4.78 is 0. The van der Waals surface area contributed by atoms with E-state index in [0.29, 0.717) is 11.5 Å². The third-order valence-corrected chi connectivity index (χ3v) is 6.96. The highest BCUT2D eigenvalue weighted by Gasteiger charge is 2.64. The summed E-state index contributed by atoms with van der Waals surface area (Å²) in [5.74, 6) is 0. The minimum Gasteiger partial charge on any atom is -0.358 e. The number of hydrogen-bond donors (Lipinski definition) is 0. The van der Waals surface area contributed by atoms with Crippen molar-refractivity contribution in [1.82, 2.24) is 0 Å². The average molecular weight is 289 g/mol. The van der Waals surface area contributed by atoms with Crippen LogP contribution in [0.15, 0.2) is 48.5 Å². The van der Waals surface area contributed by atoms with E-state index in [2.05, 4.69) is 67.3 Å². The maximum absolute atomic E-state index is 2.79. The number of rotatable bonds is 1. The van der Waals surface area contributed by atoms with E-state index in [1.54, 1.807) is 11.1 Å². The fourth-order valence-electron chi connectivity index (χ4n) is 5.88. The van der Waals surface area contributed by atoms with Gasteiger partial charge in [-0.15, -0.1) is 0 Å². The summed E-state index contributed by atoms with van der Waals surface area (Å²) in [6, 6.07) is 18.8. The van der Waals surface area contributed by atoms with Crippen molar-refractivity contribution >= 4 is 5.69 Å². The number of piperidine rings is 2. The first-order chi connectivity index (χ1) is 10.7. The standard InChI is InChI=1S/C21H23N/c1-15-7-3-6-10-19(15)22-16(2)20-11-13-21(22,14-12-20)18-9-5-4-8-17(18)20/h3-10,16H,11-14H2,1-2H3/t16-,20?,21?/m0/s1. The van der Waals surface area contributed by atoms with Gasteiger partial charge < -0.3 is 4.90 Å². The molecule has 0 unspecified atom stereocenters. The molecule has 6 aliphatic rings. The van der Waals surface area contributed by atoms with Crippen LogP contribution in [0.25, 0.3) is 0 Å². The third-order valence-electron chi connectivity index (χ3n) is 6.96. The monoisotopic (exact) mass is 289 g/mol. The van der Waals surface area contributed by atoms with Crippen LogP contribution in [0.2, 0.25) is 0 Å². The van der Waals surface area contributed by atoms with E-state index in [1.807, 2.05) is 0 Å². The minimum absolute atomic E-state index is 0.238. The van der Waals surface area contributed by atoms with Gasteiger partial charge >= 0.3 is 0 Å². The Hall–Kier alpha value is -1.76. The molecule has 1 heteroatoms. The summed E-state index contributed by atoms with van der Waals surface area (Å²) in [7, 11) is 0. The molecule has 2 aromatic rings. The highest BCUT2D eigenvalue weighted by molar-refractivity contribution is 5.65. The lowest BCUT2D eigenvalue weighted by molar-refractivity contribution is 0.0554. The summed E-state index contributed by atoms with van der Waals surface area (Å²) in [4.78, 5) is 2.79. The number of para-hydroxylation sites is 1. The normalized spacial score (nSPS) is 34.8. The van der Waals surface area contributed by atoms with Crippen LogP contribution in [0.3, 0.4) is 0 Å². The van der Waals surface area contributed by atoms with Crippen molar-refractivity contribution in [2.45, 2.75) is 56.5 Å². The van der Waals surface area contributed by atoms with E-state index >= 15 is 0 Å². The summed E-state index contributed by atoms with van der Waals surface area (Å²) >= 11 is 0. The van der Waals surface area contributed by atoms with E-state index in [9.17, 15) is 0 Å². The number of aryl methyl sites for hydroxylation is 1. The lowest BCUT2D eigenvalue weighted by atomic mass is 9.47. The Labute approximate surface area is 133 Å². The summed E-state index contributed by atoms with van der Waals surface area (Å²) in [6.45, 7) is 4.73. The predicted molar refractivity (Wildman–Crippen MR) is 91.4 cm³/mol. The van der Waals surface area contributed by atoms with Crippen LogP contribution in [-0.4, -0.2) is 6.04 Å². The van der Waals surface area contributed by atoms with Gasteiger partial charge in [0.25, 0.3) is 0 Å². The fourth-order valence-corrected chi connectivity index (χ4v) is 5.88. The summed E-state index contributed by atoms with van der Waals surface area (Å²) in [5, 5.41) is 0. The molecule has 2 saturated heterocycles. The van der Waals surface area contributed by atoms with Gasteiger partial charge in [0.15, 0.2) is 0 Å². The molecule has 3 fully saturated rings. The highest BCUT2D eigenvalue weighted by atomic mass is 15.3. The van der Waals surface area contributed by atoms with Crippen molar-refractivity contribution in [2.24, 2.45) is 0 Å². The van der Waals surface area contributed by atoms with Crippen LogP contribution in [0.4, 0.5) is 5.69 Å². The SMILES string of the molecule is Cc1ccccc1N1[C@@H](C)C23CCC1(CC2)c1ccccc13. The molecule has 0 radical (unpaired) electrons. The van der Waals surface area contributed by atoms with Gasteiger partial charge in [-0.1, -0.05) is 42.5 Å². The van der Waals surface area contributed by atoms with Crippen molar-refractivity contribution in [2.75, 3.05) is 4.90 Å². The Morgan fingerprint density at radius 2 is 1.50 bits per heavy atom. The molecule has 22 heavy (non-hydrogen) atoms. The topological polar surface area (TPSA) is 3.24 Å². The molecule has 2 bridgehead atoms. The van der Waals surface area contributed by atoms with E-state index in [-0.39, 0.29) is 5.54 Å². The Kier molecular flexibility index (Phi) is 2.29. The molecular formula is C21H23N. The number of benzene rings is 2. The molecule has 0 spiro atoms. The van der Waals surface area contributed by atoms with Gasteiger partial charge in [-0.25, -0.2) is 0 Å². The molecule has 1 atom stereocenters. The number of nitrogens with zero attached hydrogens (tertiary/aromatic N) is 1. The van der Waals surface area contributed by atoms with Crippen LogP contribution < -0.4 is 4.90 Å². The molecule has 0 amide bonds. The molecule has 112 valence electrons. The third kappa shape index (κ3) is 1.24. The Bertz CT molecular complexity index is 752. The maximum atomic E-state index is 2.79.